The number of piperidine rings is 1. The van der Waals surface area contributed by atoms with E-state index in [1.165, 1.54) is 10.4 Å². The van der Waals surface area contributed by atoms with Crippen molar-refractivity contribution in [3.05, 3.63) is 44.7 Å². The van der Waals surface area contributed by atoms with E-state index in [2.05, 4.69) is 29.4 Å². The Balaban J connectivity index is 1.71. The first kappa shape index (κ1) is 16.3. The molecule has 0 unspecified atom stereocenters. The average molecular weight is 365 g/mol. The van der Waals surface area contributed by atoms with Crippen LogP contribution in [0.5, 0.6) is 5.88 Å². The summed E-state index contributed by atoms with van der Waals surface area (Å²) in [4.78, 5) is 5.93. The molecule has 0 aromatic carbocycles. The smallest absolute Gasteiger partial charge is 0.213 e. The molecule has 0 radical (unpaired) electrons. The van der Waals surface area contributed by atoms with Crippen LogP contribution in [0.3, 0.4) is 0 Å². The van der Waals surface area contributed by atoms with E-state index in [-0.39, 0.29) is 11.6 Å². The van der Waals surface area contributed by atoms with Crippen molar-refractivity contribution >= 4 is 22.9 Å². The Kier molecular flexibility index (Phi) is 4.29. The van der Waals surface area contributed by atoms with Crippen molar-refractivity contribution in [3.63, 3.8) is 0 Å². The molecule has 128 valence electrons. The Bertz CT molecular complexity index is 750. The normalized spacial score (nSPS) is 29.5. The molecule has 1 fully saturated rings. The van der Waals surface area contributed by atoms with Gasteiger partial charge in [-0.15, -0.1) is 11.3 Å². The molecule has 4 nitrogen and oxygen atoms in total. The van der Waals surface area contributed by atoms with Gasteiger partial charge in [0.15, 0.2) is 0 Å². The van der Waals surface area contributed by atoms with Gasteiger partial charge in [-0.2, -0.15) is 0 Å². The van der Waals surface area contributed by atoms with Crippen molar-refractivity contribution in [2.45, 2.75) is 43.9 Å². The Morgan fingerprint density at radius 1 is 1.42 bits per heavy atom. The highest BCUT2D eigenvalue weighted by Crippen LogP contribution is 2.49. The third-order valence-corrected chi connectivity index (χ3v) is 6.40. The second kappa shape index (κ2) is 6.30. The molecule has 0 bridgehead atoms. The molecule has 6 heteroatoms. The lowest BCUT2D eigenvalue weighted by atomic mass is 9.79. The van der Waals surface area contributed by atoms with Gasteiger partial charge in [-0.25, -0.2) is 4.98 Å². The van der Waals surface area contributed by atoms with E-state index in [0.717, 1.165) is 35.9 Å². The lowest BCUT2D eigenvalue weighted by Gasteiger charge is -2.46. The number of methoxy groups -OCH3 is 1. The van der Waals surface area contributed by atoms with Gasteiger partial charge in [-0.3, -0.25) is 0 Å². The van der Waals surface area contributed by atoms with Gasteiger partial charge < -0.3 is 14.8 Å². The quantitative estimate of drug-likeness (QED) is 0.871. The molecule has 1 spiro atoms. The number of rotatable bonds is 2. The minimum Gasteiger partial charge on any atom is -0.481 e. The number of halogens is 1. The van der Waals surface area contributed by atoms with Crippen LogP contribution < -0.4 is 10.1 Å². The molecular formula is C18H21ClN2O2S. The zero-order valence-electron chi connectivity index (χ0n) is 13.8. The number of ether oxygens (including phenoxy) is 2. The number of hydrogen-bond donors (Lipinski definition) is 1. The van der Waals surface area contributed by atoms with Crippen LogP contribution in [-0.2, 0) is 16.8 Å². The molecule has 0 aliphatic carbocycles. The minimum atomic E-state index is -0.258. The standard InChI is InChI=1S/C18H21ClN2O2S/c1-11-9-18(17-12(6-7-23-18)8-15(19)24-17)10-14(20-11)13-4-3-5-16(21-13)22-2/h3-5,8,11,14,20H,6-7,9-10H2,1-2H3/t11-,14-,18-/m0/s1. The largest absolute Gasteiger partial charge is 0.481 e. The average Bonchev–Trinajstić information content (AvgIpc) is 2.96. The van der Waals surface area contributed by atoms with E-state index >= 15 is 0 Å². The number of aromatic nitrogens is 1. The van der Waals surface area contributed by atoms with Crippen LogP contribution in [-0.4, -0.2) is 24.7 Å². The summed E-state index contributed by atoms with van der Waals surface area (Å²) in [7, 11) is 1.65. The molecule has 24 heavy (non-hydrogen) atoms. The SMILES string of the molecule is COc1cccc([C@@H]2C[C@]3(C[C@H](C)N2)OCCc2cc(Cl)sc23)n1. The summed E-state index contributed by atoms with van der Waals surface area (Å²) in [6.45, 7) is 2.96. The van der Waals surface area contributed by atoms with Crippen molar-refractivity contribution in [2.24, 2.45) is 0 Å². The summed E-state index contributed by atoms with van der Waals surface area (Å²) in [6, 6.07) is 8.50. The molecule has 2 aliphatic rings. The molecule has 2 aliphatic heterocycles. The van der Waals surface area contributed by atoms with E-state index in [0.29, 0.717) is 11.9 Å². The number of thiophene rings is 1. The first-order valence-corrected chi connectivity index (χ1v) is 9.49. The fourth-order valence-electron chi connectivity index (χ4n) is 3.99. The van der Waals surface area contributed by atoms with E-state index in [1.54, 1.807) is 18.4 Å². The summed E-state index contributed by atoms with van der Waals surface area (Å²) in [5.74, 6) is 0.644. The van der Waals surface area contributed by atoms with Gasteiger partial charge in [-0.05, 0) is 37.5 Å². The van der Waals surface area contributed by atoms with E-state index in [9.17, 15) is 0 Å². The van der Waals surface area contributed by atoms with Crippen LogP contribution in [0.2, 0.25) is 4.34 Å². The Labute approximate surface area is 151 Å². The van der Waals surface area contributed by atoms with Crippen molar-refractivity contribution in [1.82, 2.24) is 10.3 Å². The van der Waals surface area contributed by atoms with Crippen LogP contribution in [0.25, 0.3) is 0 Å². The molecule has 3 atom stereocenters. The third kappa shape index (κ3) is 2.84. The first-order valence-electron chi connectivity index (χ1n) is 8.29. The van der Waals surface area contributed by atoms with Crippen LogP contribution in [0.1, 0.15) is 41.9 Å². The monoisotopic (exact) mass is 364 g/mol. The predicted molar refractivity (Wildman–Crippen MR) is 96.0 cm³/mol. The molecule has 4 heterocycles. The fraction of sp³-hybridized carbons (Fsp3) is 0.500. The maximum atomic E-state index is 6.38. The lowest BCUT2D eigenvalue weighted by Crippen LogP contribution is -2.49. The Morgan fingerprint density at radius 2 is 2.29 bits per heavy atom. The van der Waals surface area contributed by atoms with Gasteiger partial charge in [-0.1, -0.05) is 17.7 Å². The summed E-state index contributed by atoms with van der Waals surface area (Å²) >= 11 is 7.97. The first-order chi connectivity index (χ1) is 11.6. The van der Waals surface area contributed by atoms with Crippen molar-refractivity contribution in [1.29, 1.82) is 0 Å². The lowest BCUT2D eigenvalue weighted by molar-refractivity contribution is -0.0958. The van der Waals surface area contributed by atoms with Crippen molar-refractivity contribution in [2.75, 3.05) is 13.7 Å². The minimum absolute atomic E-state index is 0.135. The van der Waals surface area contributed by atoms with Crippen LogP contribution in [0.4, 0.5) is 0 Å². The molecule has 1 N–H and O–H groups in total. The van der Waals surface area contributed by atoms with Crippen LogP contribution in [0, 0.1) is 0 Å². The zero-order chi connectivity index (χ0) is 16.7. The van der Waals surface area contributed by atoms with Gasteiger partial charge >= 0.3 is 0 Å². The Morgan fingerprint density at radius 3 is 3.12 bits per heavy atom. The van der Waals surface area contributed by atoms with Gasteiger partial charge in [0.2, 0.25) is 5.88 Å². The maximum Gasteiger partial charge on any atom is 0.213 e. The Hall–Kier alpha value is -1.14. The highest BCUT2D eigenvalue weighted by atomic mass is 35.5. The molecular weight excluding hydrogens is 344 g/mol. The summed E-state index contributed by atoms with van der Waals surface area (Å²) < 4.78 is 12.5. The van der Waals surface area contributed by atoms with E-state index in [1.807, 2.05) is 12.1 Å². The predicted octanol–water partition coefficient (Wildman–Crippen LogP) is 4.09. The molecule has 2 aromatic rings. The number of hydrogen-bond acceptors (Lipinski definition) is 5. The third-order valence-electron chi connectivity index (χ3n) is 4.91. The summed E-state index contributed by atoms with van der Waals surface area (Å²) in [6.07, 6.45) is 2.77. The molecule has 2 aromatic heterocycles. The maximum absolute atomic E-state index is 6.38. The van der Waals surface area contributed by atoms with Gasteiger partial charge in [0.25, 0.3) is 0 Å². The highest BCUT2D eigenvalue weighted by molar-refractivity contribution is 7.16. The number of nitrogens with zero attached hydrogens (tertiary/aromatic N) is 1. The van der Waals surface area contributed by atoms with Crippen molar-refractivity contribution < 1.29 is 9.47 Å². The number of fused-ring (bicyclic) bond motifs is 2. The van der Waals surface area contributed by atoms with E-state index in [4.69, 9.17) is 21.1 Å². The second-order valence-electron chi connectivity index (χ2n) is 6.63. The zero-order valence-corrected chi connectivity index (χ0v) is 15.4. The van der Waals surface area contributed by atoms with Crippen LogP contribution in [0.15, 0.2) is 24.3 Å². The van der Waals surface area contributed by atoms with Gasteiger partial charge in [0.05, 0.1) is 29.8 Å². The van der Waals surface area contributed by atoms with Gasteiger partial charge in [0, 0.05) is 23.4 Å². The molecule has 0 saturated carbocycles. The molecule has 1 saturated heterocycles. The fourth-order valence-corrected chi connectivity index (χ4v) is 5.45. The van der Waals surface area contributed by atoms with E-state index < -0.39 is 0 Å². The highest BCUT2D eigenvalue weighted by Gasteiger charge is 2.46. The molecule has 0 amide bonds. The number of pyridine rings is 1. The topological polar surface area (TPSA) is 43.4 Å². The van der Waals surface area contributed by atoms with Crippen LogP contribution >= 0.6 is 22.9 Å². The molecule has 4 rings (SSSR count). The number of nitrogens with one attached hydrogen (secondary N) is 1. The van der Waals surface area contributed by atoms with Gasteiger partial charge in [0.1, 0.15) is 5.60 Å². The second-order valence-corrected chi connectivity index (χ2v) is 8.31. The van der Waals surface area contributed by atoms with Crippen molar-refractivity contribution in [3.8, 4) is 5.88 Å². The summed E-state index contributed by atoms with van der Waals surface area (Å²) in [5.41, 5.74) is 2.09. The summed E-state index contributed by atoms with van der Waals surface area (Å²) in [5, 5.41) is 3.67.